The van der Waals surface area contributed by atoms with Gasteiger partial charge in [-0.2, -0.15) is 0 Å². The number of likely N-dealkylation sites (N-methyl/N-ethyl adjacent to an activating group) is 1. The molecule has 2 aromatic rings. The highest BCUT2D eigenvalue weighted by Crippen LogP contribution is 2.48. The summed E-state index contributed by atoms with van der Waals surface area (Å²) in [5.41, 5.74) is 6.05. The molecule has 2 aliphatic rings. The summed E-state index contributed by atoms with van der Waals surface area (Å²) >= 11 is 0. The van der Waals surface area contributed by atoms with Gasteiger partial charge in [-0.1, -0.05) is 30.3 Å². The lowest BCUT2D eigenvalue weighted by Gasteiger charge is -2.29. The van der Waals surface area contributed by atoms with Gasteiger partial charge in [0.25, 0.3) is 0 Å². The SMILES string of the molecule is CNCC(=O)N1c2ccccc2N2CCc3cccc(c32)C1C. The summed E-state index contributed by atoms with van der Waals surface area (Å²) in [6.45, 7) is 3.44. The van der Waals surface area contributed by atoms with Gasteiger partial charge in [0.05, 0.1) is 24.0 Å². The third kappa shape index (κ3) is 2.05. The number of rotatable bonds is 2. The van der Waals surface area contributed by atoms with Crippen molar-refractivity contribution in [2.75, 3.05) is 29.9 Å². The molecule has 0 bridgehead atoms. The van der Waals surface area contributed by atoms with Crippen LogP contribution in [0.15, 0.2) is 42.5 Å². The number of hydrogen-bond donors (Lipinski definition) is 1. The van der Waals surface area contributed by atoms with Gasteiger partial charge >= 0.3 is 0 Å². The Kier molecular flexibility index (Phi) is 3.34. The van der Waals surface area contributed by atoms with Crippen molar-refractivity contribution >= 4 is 23.0 Å². The van der Waals surface area contributed by atoms with E-state index in [9.17, 15) is 4.79 Å². The number of nitrogens with zero attached hydrogens (tertiary/aromatic N) is 2. The van der Waals surface area contributed by atoms with Crippen molar-refractivity contribution in [1.29, 1.82) is 0 Å². The predicted molar refractivity (Wildman–Crippen MR) is 93.4 cm³/mol. The van der Waals surface area contributed by atoms with E-state index in [1.807, 2.05) is 18.0 Å². The molecule has 2 heterocycles. The Labute approximate surface area is 136 Å². The van der Waals surface area contributed by atoms with Crippen LogP contribution in [0.1, 0.15) is 24.1 Å². The van der Waals surface area contributed by atoms with Crippen LogP contribution in [0, 0.1) is 0 Å². The maximum absolute atomic E-state index is 12.8. The van der Waals surface area contributed by atoms with Gasteiger partial charge in [0.15, 0.2) is 0 Å². The molecular weight excluding hydrogens is 286 g/mol. The average Bonchev–Trinajstić information content (AvgIpc) is 2.95. The minimum atomic E-state index is 0.0232. The largest absolute Gasteiger partial charge is 0.339 e. The number of amides is 1. The lowest BCUT2D eigenvalue weighted by atomic mass is 10.0. The number of anilines is 3. The minimum Gasteiger partial charge on any atom is -0.339 e. The van der Waals surface area contributed by atoms with E-state index in [4.69, 9.17) is 0 Å². The molecule has 0 radical (unpaired) electrons. The van der Waals surface area contributed by atoms with Crippen LogP contribution in [-0.2, 0) is 11.2 Å². The molecule has 4 rings (SSSR count). The fourth-order valence-corrected chi connectivity index (χ4v) is 3.89. The van der Waals surface area contributed by atoms with Gasteiger partial charge in [0.1, 0.15) is 0 Å². The number of carbonyl (C=O) groups is 1. The van der Waals surface area contributed by atoms with E-state index < -0.39 is 0 Å². The molecule has 1 unspecified atom stereocenters. The van der Waals surface area contributed by atoms with Crippen molar-refractivity contribution in [1.82, 2.24) is 5.32 Å². The third-order valence-electron chi connectivity index (χ3n) is 4.89. The maximum Gasteiger partial charge on any atom is 0.241 e. The van der Waals surface area contributed by atoms with Gasteiger partial charge in [-0.3, -0.25) is 4.79 Å². The second-order valence-electron chi connectivity index (χ2n) is 6.22. The standard InChI is InChI=1S/C19H21N3O/c1-13-15-7-5-6-14-10-11-21(19(14)15)16-8-3-4-9-17(16)22(13)18(23)12-20-2/h3-9,13,20H,10-12H2,1-2H3. The summed E-state index contributed by atoms with van der Waals surface area (Å²) in [5.74, 6) is 0.103. The molecule has 0 spiro atoms. The molecule has 4 heteroatoms. The monoisotopic (exact) mass is 307 g/mol. The van der Waals surface area contributed by atoms with Gasteiger partial charge in [0.2, 0.25) is 5.91 Å². The molecule has 1 N–H and O–H groups in total. The summed E-state index contributed by atoms with van der Waals surface area (Å²) in [6, 6.07) is 14.8. The van der Waals surface area contributed by atoms with Gasteiger partial charge < -0.3 is 15.1 Å². The Bertz CT molecular complexity index is 771. The first-order valence-electron chi connectivity index (χ1n) is 8.17. The molecule has 23 heavy (non-hydrogen) atoms. The van der Waals surface area contributed by atoms with E-state index in [1.165, 1.54) is 16.8 Å². The zero-order chi connectivity index (χ0) is 16.0. The van der Waals surface area contributed by atoms with Crippen LogP contribution < -0.4 is 15.1 Å². The first kappa shape index (κ1) is 14.3. The van der Waals surface area contributed by atoms with Gasteiger partial charge in [0, 0.05) is 12.2 Å². The Morgan fingerprint density at radius 2 is 1.96 bits per heavy atom. The van der Waals surface area contributed by atoms with Crippen molar-refractivity contribution in [3.63, 3.8) is 0 Å². The Balaban J connectivity index is 1.96. The van der Waals surface area contributed by atoms with E-state index in [0.29, 0.717) is 6.54 Å². The van der Waals surface area contributed by atoms with Crippen molar-refractivity contribution in [3.8, 4) is 0 Å². The van der Waals surface area contributed by atoms with Crippen LogP contribution in [0.5, 0.6) is 0 Å². The third-order valence-corrected chi connectivity index (χ3v) is 4.89. The Morgan fingerprint density at radius 3 is 2.74 bits per heavy atom. The summed E-state index contributed by atoms with van der Waals surface area (Å²) in [6.07, 6.45) is 1.06. The van der Waals surface area contributed by atoms with Crippen molar-refractivity contribution in [2.24, 2.45) is 0 Å². The fourth-order valence-electron chi connectivity index (χ4n) is 3.89. The van der Waals surface area contributed by atoms with Crippen LogP contribution in [0.25, 0.3) is 0 Å². The Morgan fingerprint density at radius 1 is 1.17 bits per heavy atom. The highest BCUT2D eigenvalue weighted by Gasteiger charge is 2.35. The molecular formula is C19H21N3O. The van der Waals surface area contributed by atoms with Crippen LogP contribution in [0.3, 0.4) is 0 Å². The molecule has 0 aliphatic carbocycles. The average molecular weight is 307 g/mol. The summed E-state index contributed by atoms with van der Waals surface area (Å²) in [4.78, 5) is 17.1. The first-order chi connectivity index (χ1) is 11.2. The molecule has 118 valence electrons. The number of fused-ring (bicyclic) bond motifs is 2. The quantitative estimate of drug-likeness (QED) is 0.926. The number of hydrogen-bond acceptors (Lipinski definition) is 3. The van der Waals surface area contributed by atoms with Crippen LogP contribution in [0.2, 0.25) is 0 Å². The Hall–Kier alpha value is -2.33. The smallest absolute Gasteiger partial charge is 0.241 e. The van der Waals surface area contributed by atoms with Crippen molar-refractivity contribution in [2.45, 2.75) is 19.4 Å². The maximum atomic E-state index is 12.8. The van der Waals surface area contributed by atoms with E-state index in [0.717, 1.165) is 24.3 Å². The predicted octanol–water partition coefficient (Wildman–Crippen LogP) is 3.01. The van der Waals surface area contributed by atoms with E-state index in [-0.39, 0.29) is 11.9 Å². The molecule has 0 aromatic heterocycles. The molecule has 0 fully saturated rings. The summed E-state index contributed by atoms with van der Waals surface area (Å²) in [7, 11) is 1.81. The molecule has 1 atom stereocenters. The highest BCUT2D eigenvalue weighted by atomic mass is 16.2. The second kappa shape index (κ2) is 5.39. The van der Waals surface area contributed by atoms with E-state index in [2.05, 4.69) is 53.5 Å². The van der Waals surface area contributed by atoms with Crippen molar-refractivity contribution < 1.29 is 4.79 Å². The lowest BCUT2D eigenvalue weighted by Crippen LogP contribution is -2.38. The van der Waals surface area contributed by atoms with Crippen LogP contribution >= 0.6 is 0 Å². The lowest BCUT2D eigenvalue weighted by molar-refractivity contribution is -0.118. The van der Waals surface area contributed by atoms with Crippen LogP contribution in [0.4, 0.5) is 17.1 Å². The first-order valence-corrected chi connectivity index (χ1v) is 8.17. The molecule has 1 amide bonds. The zero-order valence-electron chi connectivity index (χ0n) is 13.5. The van der Waals surface area contributed by atoms with Gasteiger partial charge in [-0.25, -0.2) is 0 Å². The number of para-hydroxylation sites is 3. The molecule has 2 aliphatic heterocycles. The molecule has 4 nitrogen and oxygen atoms in total. The normalized spacial score (nSPS) is 18.4. The van der Waals surface area contributed by atoms with Gasteiger partial charge in [-0.05, 0) is 43.7 Å². The zero-order valence-corrected chi connectivity index (χ0v) is 13.5. The van der Waals surface area contributed by atoms with E-state index in [1.54, 1.807) is 0 Å². The van der Waals surface area contributed by atoms with Crippen LogP contribution in [-0.4, -0.2) is 26.0 Å². The number of carbonyl (C=O) groups excluding carboxylic acids is 1. The fraction of sp³-hybridized carbons (Fsp3) is 0.316. The molecule has 2 aromatic carbocycles. The highest BCUT2D eigenvalue weighted by molar-refractivity contribution is 6.01. The minimum absolute atomic E-state index is 0.0232. The second-order valence-corrected chi connectivity index (χ2v) is 6.22. The molecule has 0 saturated heterocycles. The summed E-state index contributed by atoms with van der Waals surface area (Å²) < 4.78 is 0. The van der Waals surface area contributed by atoms with Gasteiger partial charge in [-0.15, -0.1) is 0 Å². The topological polar surface area (TPSA) is 35.6 Å². The summed E-state index contributed by atoms with van der Waals surface area (Å²) in [5, 5.41) is 2.99. The van der Waals surface area contributed by atoms with Crippen molar-refractivity contribution in [3.05, 3.63) is 53.6 Å². The number of nitrogens with one attached hydrogen (secondary N) is 1. The van der Waals surface area contributed by atoms with E-state index >= 15 is 0 Å². The molecule has 0 saturated carbocycles. The number of benzene rings is 2.